The maximum absolute atomic E-state index is 15.3. The third-order valence-electron chi connectivity index (χ3n) is 19.1. The molecule has 604 valence electrons. The summed E-state index contributed by atoms with van der Waals surface area (Å²) in [6, 6.07) is 13.7. The number of hydrogen-bond donors (Lipinski definition) is 17. The zero-order chi connectivity index (χ0) is 81.1. The van der Waals surface area contributed by atoms with Crippen LogP contribution in [-0.2, 0) is 110 Å². The van der Waals surface area contributed by atoms with E-state index < -0.39 is 207 Å². The van der Waals surface area contributed by atoms with E-state index >= 15 is 28.8 Å². The van der Waals surface area contributed by atoms with Crippen molar-refractivity contribution in [2.24, 2.45) is 23.1 Å². The van der Waals surface area contributed by atoms with Crippen LogP contribution in [0.25, 0.3) is 0 Å². The fourth-order valence-electron chi connectivity index (χ4n) is 13.3. The van der Waals surface area contributed by atoms with Crippen LogP contribution in [0, 0.1) is 5.92 Å². The highest BCUT2D eigenvalue weighted by Gasteiger charge is 2.46. The van der Waals surface area contributed by atoms with E-state index in [1.807, 2.05) is 0 Å². The van der Waals surface area contributed by atoms with Crippen molar-refractivity contribution in [3.8, 4) is 5.75 Å². The molecule has 36 nitrogen and oxygen atoms in total. The number of primary amides is 2. The van der Waals surface area contributed by atoms with Gasteiger partial charge in [0.2, 0.25) is 76.8 Å². The number of phenols is 1. The summed E-state index contributed by atoms with van der Waals surface area (Å²) in [5.41, 5.74) is 19.3. The van der Waals surface area contributed by atoms with E-state index in [1.54, 1.807) is 105 Å². The smallest absolute Gasteiger partial charge is 0.246 e. The number of carbonyl (C=O) groups is 13. The molecule has 0 spiro atoms. The van der Waals surface area contributed by atoms with Crippen LogP contribution in [0.3, 0.4) is 0 Å². The molecule has 112 heavy (non-hydrogen) atoms. The number of phenolic OH excluding ortho intramolecular Hbond substituents is 1. The second-order valence-electron chi connectivity index (χ2n) is 28.4. The summed E-state index contributed by atoms with van der Waals surface area (Å²) < 4.78 is 12.8. The van der Waals surface area contributed by atoms with Crippen molar-refractivity contribution in [2.45, 2.75) is 202 Å². The largest absolute Gasteiger partial charge is 0.508 e. The molecule has 0 radical (unpaired) electrons. The number of fused-ring (bicyclic) bond motifs is 1. The predicted molar refractivity (Wildman–Crippen MR) is 399 cm³/mol. The minimum Gasteiger partial charge on any atom is -0.508 e. The molecule has 0 unspecified atom stereocenters. The topological polar surface area (TPSA) is 554 Å². The molecule has 4 aromatic carbocycles. The Morgan fingerprint density at radius 1 is 0.571 bits per heavy atom. The Balaban J connectivity index is 1.21. The van der Waals surface area contributed by atoms with Gasteiger partial charge in [-0.25, -0.2) is 4.68 Å². The van der Waals surface area contributed by atoms with E-state index in [0.717, 1.165) is 6.92 Å². The Bertz CT molecular complexity index is 4050. The van der Waals surface area contributed by atoms with Crippen molar-refractivity contribution in [3.63, 3.8) is 0 Å². The lowest BCUT2D eigenvalue weighted by molar-refractivity contribution is -0.270. The molecular weight excluding hydrogens is 1450 g/mol. The number of aromatic nitrogens is 3. The summed E-state index contributed by atoms with van der Waals surface area (Å²) in [6.45, 7) is 3.61. The average Bonchev–Trinajstić information content (AvgIpc) is 1.45. The average molecular weight is 1560 g/mol. The summed E-state index contributed by atoms with van der Waals surface area (Å²) in [5.74, 6) is -12.9. The number of ether oxygens (including phenoxy) is 2. The molecule has 3 aliphatic heterocycles. The summed E-state index contributed by atoms with van der Waals surface area (Å²) in [4.78, 5) is 190. The first kappa shape index (κ1) is 86.3. The molecule has 36 heteroatoms. The molecule has 5 aromatic rings. The molecule has 3 saturated heterocycles. The monoisotopic (exact) mass is 1560 g/mol. The fraction of sp³-hybridized carbons (Fsp3) is 0.487. The van der Waals surface area contributed by atoms with Gasteiger partial charge < -0.3 is 105 Å². The van der Waals surface area contributed by atoms with Crippen LogP contribution in [0.2, 0.25) is 0 Å². The molecule has 8 rings (SSSR count). The van der Waals surface area contributed by atoms with Crippen LogP contribution in [0.15, 0.2) is 121 Å². The minimum absolute atomic E-state index is 0.00521. The maximum Gasteiger partial charge on any atom is 0.246 e. The number of nitrogens with two attached hydrogens (primary N) is 3. The minimum atomic E-state index is -1.93. The van der Waals surface area contributed by atoms with Crippen molar-refractivity contribution >= 4 is 76.8 Å². The predicted octanol–water partition coefficient (Wildman–Crippen LogP) is -4.25. The summed E-state index contributed by atoms with van der Waals surface area (Å²) in [7, 11) is 0. The Morgan fingerprint density at radius 2 is 1.02 bits per heavy atom. The molecule has 20 N–H and O–H groups in total. The van der Waals surface area contributed by atoms with Gasteiger partial charge in [-0.05, 0) is 85.4 Å². The highest BCUT2D eigenvalue weighted by Crippen LogP contribution is 2.25. The first-order valence-electron chi connectivity index (χ1n) is 37.2. The Kier molecular flexibility index (Phi) is 32.5. The normalized spacial score (nSPS) is 25.8. The number of aliphatic hydroxyl groups is 3. The first-order valence-corrected chi connectivity index (χ1v) is 37.2. The summed E-state index contributed by atoms with van der Waals surface area (Å²) >= 11 is 0. The van der Waals surface area contributed by atoms with E-state index in [1.165, 1.54) is 40.0 Å². The number of rotatable bonds is 26. The zero-order valence-electron chi connectivity index (χ0n) is 62.4. The number of benzene rings is 4. The number of hydrogen-bond acceptors (Lipinski definition) is 22. The zero-order valence-corrected chi connectivity index (χ0v) is 62.4. The molecule has 15 atom stereocenters. The number of aliphatic hydroxyl groups excluding tert-OH is 3. The molecule has 0 bridgehead atoms. The van der Waals surface area contributed by atoms with Gasteiger partial charge in [0, 0.05) is 58.2 Å². The van der Waals surface area contributed by atoms with Gasteiger partial charge in [-0.2, -0.15) is 0 Å². The number of aromatic hydroxyl groups is 1. The van der Waals surface area contributed by atoms with Gasteiger partial charge in [0.15, 0.2) is 6.29 Å². The number of nitrogens with zero attached hydrogens (tertiary/aromatic N) is 4. The third-order valence-corrected chi connectivity index (χ3v) is 19.1. The van der Waals surface area contributed by atoms with Gasteiger partial charge in [-0.15, -0.1) is 5.10 Å². The van der Waals surface area contributed by atoms with Gasteiger partial charge in [-0.3, -0.25) is 62.3 Å². The van der Waals surface area contributed by atoms with Gasteiger partial charge in [0.05, 0.1) is 31.9 Å². The highest BCUT2D eigenvalue weighted by molar-refractivity contribution is 6.01. The lowest BCUT2D eigenvalue weighted by Gasteiger charge is -2.42. The quantitative estimate of drug-likeness (QED) is 0.0249. The van der Waals surface area contributed by atoms with Gasteiger partial charge in [-0.1, -0.05) is 122 Å². The number of nitrogens with one attached hydrogen (secondary N) is 10. The molecule has 3 aliphatic rings. The van der Waals surface area contributed by atoms with Crippen molar-refractivity contribution in [2.75, 3.05) is 26.3 Å². The van der Waals surface area contributed by atoms with Crippen LogP contribution in [0.5, 0.6) is 5.75 Å². The fourth-order valence-corrected chi connectivity index (χ4v) is 13.3. The molecule has 13 amide bonds. The standard InChI is InChI=1S/C76H101N17O19/c1-42(2)33-52-68(103)89-58(37-46-19-11-6-12-20-46)75(110)93-30-14-22-59(93)74(109)88-55(35-45-17-9-5-10-18-45)71(106)85-53(34-44-15-7-4-8-16-44)70(105)87-57(39-62(79)98)73(108)82-51(27-28-61(78)97)67(102)84-54(36-47-23-25-49(96)26-24-47)69(104)86-56(72(107)81-50(21-13-29-77)66(101)83-52)38-48-40-92(91-90-48)31-32-111-76-63(80-43(3)95)65(100)64(99)60(41-94)112-76/h4-12,15-20,23-26,40,42,50-60,63-65,76,94,96,99-100H,13-14,21-22,27-39,41,77H2,1-3H3,(H2,78,97)(H2,79,98)(H,80,95)(H,81,107)(H,82,108)(H,83,101)(H,84,102)(H,85,106)(H,86,104)(H,87,105)(H,88,109)(H,89,103)/t50-,51-,52-,53+,54-,55-,56-,57-,58+,59-,60+,63+,64+,65+,76+/m0/s1. The van der Waals surface area contributed by atoms with Crippen molar-refractivity contribution in [3.05, 3.63) is 149 Å². The number of amides is 13. The Hall–Kier alpha value is -11.3. The molecule has 4 heterocycles. The van der Waals surface area contributed by atoms with Crippen LogP contribution >= 0.6 is 0 Å². The van der Waals surface area contributed by atoms with Crippen molar-refractivity contribution in [1.29, 1.82) is 0 Å². The summed E-state index contributed by atoms with van der Waals surface area (Å²) in [5, 5.41) is 76.5. The highest BCUT2D eigenvalue weighted by atomic mass is 16.7. The van der Waals surface area contributed by atoms with Crippen LogP contribution in [0.4, 0.5) is 0 Å². The Labute approximate surface area is 645 Å². The van der Waals surface area contributed by atoms with Crippen LogP contribution < -0.4 is 70.4 Å². The molecule has 0 aliphatic carbocycles. The van der Waals surface area contributed by atoms with E-state index in [9.17, 15) is 54.0 Å². The van der Waals surface area contributed by atoms with Gasteiger partial charge >= 0.3 is 0 Å². The van der Waals surface area contributed by atoms with E-state index in [4.69, 9.17) is 26.7 Å². The van der Waals surface area contributed by atoms with E-state index in [0.29, 0.717) is 28.7 Å². The number of carbonyl (C=O) groups excluding carboxylic acids is 13. The molecular formula is C76H101N17O19. The van der Waals surface area contributed by atoms with Crippen LogP contribution in [0.1, 0.15) is 100 Å². The summed E-state index contributed by atoms with van der Waals surface area (Å²) in [6.07, 6.45) is -7.85. The van der Waals surface area contributed by atoms with Crippen molar-refractivity contribution < 1.29 is 92.2 Å². The van der Waals surface area contributed by atoms with Gasteiger partial charge in [0.1, 0.15) is 90.5 Å². The molecule has 0 saturated carbocycles. The lowest BCUT2D eigenvalue weighted by atomic mass is 9.97. The molecule has 1 aromatic heterocycles. The van der Waals surface area contributed by atoms with Crippen molar-refractivity contribution in [1.82, 2.24) is 73.1 Å². The second-order valence-corrected chi connectivity index (χ2v) is 28.4. The van der Waals surface area contributed by atoms with E-state index in [-0.39, 0.29) is 88.5 Å². The lowest BCUT2D eigenvalue weighted by Crippen LogP contribution is -2.64. The second kappa shape index (κ2) is 42.2. The van der Waals surface area contributed by atoms with E-state index in [2.05, 4.69) is 63.5 Å². The van der Waals surface area contributed by atoms with Gasteiger partial charge in [0.25, 0.3) is 0 Å². The molecule has 3 fully saturated rings. The Morgan fingerprint density at radius 3 is 1.52 bits per heavy atom. The third kappa shape index (κ3) is 25.9. The first-order chi connectivity index (χ1) is 53.6. The maximum atomic E-state index is 15.3. The van der Waals surface area contributed by atoms with Crippen LogP contribution in [-0.4, -0.2) is 234 Å². The SMILES string of the molecule is CC(=O)N[C@H]1[C@H](OCCn2cc(C[C@@H]3NC(=O)[C@H](Cc4ccc(O)cc4)NC(=O)[C@H](CCC(N)=O)NC(=O)[C@H](CC(N)=O)NC(=O)[C@@H](Cc4ccccc4)NC(=O)[C@H](Cc4ccccc4)NC(=O)[C@@H]4CCCN4C(=O)[C@@H](Cc4ccccc4)NC(=O)[C@H](CC(C)C)NC(=O)[C@H](CCCN)NC3=O)nn2)O[C@H](CO)[C@@H](O)[C@@H]1O.